The molecule has 7 heteroatoms. The maximum Gasteiger partial charge on any atom is 0.416 e. The highest BCUT2D eigenvalue weighted by Gasteiger charge is 2.30. The van der Waals surface area contributed by atoms with E-state index in [0.717, 1.165) is 12.1 Å². The summed E-state index contributed by atoms with van der Waals surface area (Å²) >= 11 is 0. The van der Waals surface area contributed by atoms with Crippen LogP contribution in [0.4, 0.5) is 19.0 Å². The van der Waals surface area contributed by atoms with Crippen molar-refractivity contribution in [2.75, 3.05) is 11.9 Å². The minimum Gasteiger partial charge on any atom is -0.387 e. The Morgan fingerprint density at radius 2 is 1.90 bits per heavy atom. The minimum atomic E-state index is -4.37. The highest BCUT2D eigenvalue weighted by molar-refractivity contribution is 5.33. The molecule has 2 N–H and O–H groups in total. The monoisotopic (exact) mass is 285 g/mol. The number of benzene rings is 1. The number of hydrogen-bond acceptors (Lipinski definition) is 3. The molecule has 4 nitrogen and oxygen atoms in total. The predicted octanol–water partition coefficient (Wildman–Crippen LogP) is 2.58. The summed E-state index contributed by atoms with van der Waals surface area (Å²) in [5.41, 5.74) is -0.312. The van der Waals surface area contributed by atoms with Crippen molar-refractivity contribution in [3.8, 4) is 0 Å². The van der Waals surface area contributed by atoms with Crippen LogP contribution in [0.15, 0.2) is 36.5 Å². The molecule has 1 aromatic heterocycles. The number of alkyl halides is 3. The Labute approximate surface area is 113 Å². The second-order valence-corrected chi connectivity index (χ2v) is 4.39. The molecule has 0 aliphatic rings. The van der Waals surface area contributed by atoms with E-state index in [0.29, 0.717) is 11.4 Å². The molecule has 0 aliphatic heterocycles. The molecule has 20 heavy (non-hydrogen) atoms. The Hall–Kier alpha value is -2.02. The second-order valence-electron chi connectivity index (χ2n) is 4.39. The van der Waals surface area contributed by atoms with E-state index in [1.165, 1.54) is 12.1 Å². The Kier molecular flexibility index (Phi) is 3.99. The second kappa shape index (κ2) is 5.54. The van der Waals surface area contributed by atoms with Crippen LogP contribution in [0, 0.1) is 0 Å². The largest absolute Gasteiger partial charge is 0.416 e. The molecule has 0 saturated carbocycles. The third-order valence-corrected chi connectivity index (χ3v) is 2.81. The molecule has 0 fully saturated rings. The SMILES string of the molecule is Cn1ccc(NCC(O)c2ccc(C(F)(F)F)cc2)n1. The third-order valence-electron chi connectivity index (χ3n) is 2.81. The number of aryl methyl sites for hydroxylation is 1. The van der Waals surface area contributed by atoms with E-state index >= 15 is 0 Å². The van der Waals surface area contributed by atoms with Gasteiger partial charge in [-0.3, -0.25) is 4.68 Å². The molecular formula is C13H14F3N3O. The van der Waals surface area contributed by atoms with E-state index < -0.39 is 17.8 Å². The van der Waals surface area contributed by atoms with Crippen molar-refractivity contribution in [3.05, 3.63) is 47.7 Å². The van der Waals surface area contributed by atoms with Gasteiger partial charge in [-0.1, -0.05) is 12.1 Å². The number of aliphatic hydroxyl groups excluding tert-OH is 1. The van der Waals surface area contributed by atoms with Crippen LogP contribution >= 0.6 is 0 Å². The van der Waals surface area contributed by atoms with E-state index in [2.05, 4.69) is 10.4 Å². The first-order chi connectivity index (χ1) is 9.36. The van der Waals surface area contributed by atoms with Crippen LogP contribution in [-0.4, -0.2) is 21.4 Å². The number of halogens is 3. The van der Waals surface area contributed by atoms with Crippen molar-refractivity contribution in [1.82, 2.24) is 9.78 Å². The summed E-state index contributed by atoms with van der Waals surface area (Å²) in [5.74, 6) is 0.596. The summed E-state index contributed by atoms with van der Waals surface area (Å²) in [6.45, 7) is 0.169. The molecule has 1 heterocycles. The van der Waals surface area contributed by atoms with Gasteiger partial charge in [0, 0.05) is 25.9 Å². The van der Waals surface area contributed by atoms with Gasteiger partial charge < -0.3 is 10.4 Å². The van der Waals surface area contributed by atoms with Crippen LogP contribution < -0.4 is 5.32 Å². The standard InChI is InChI=1S/C13H14F3N3O/c1-19-7-6-12(18-19)17-8-11(20)9-2-4-10(5-3-9)13(14,15)16/h2-7,11,20H,8H2,1H3,(H,17,18). The summed E-state index contributed by atoms with van der Waals surface area (Å²) < 4.78 is 38.8. The van der Waals surface area contributed by atoms with Crippen LogP contribution in [0.5, 0.6) is 0 Å². The quantitative estimate of drug-likeness (QED) is 0.907. The van der Waals surface area contributed by atoms with Crippen molar-refractivity contribution in [2.45, 2.75) is 12.3 Å². The van der Waals surface area contributed by atoms with Crippen molar-refractivity contribution in [3.63, 3.8) is 0 Å². The van der Waals surface area contributed by atoms with E-state index in [1.807, 2.05) is 0 Å². The van der Waals surface area contributed by atoms with Gasteiger partial charge in [0.25, 0.3) is 0 Å². The molecular weight excluding hydrogens is 271 g/mol. The third kappa shape index (κ3) is 3.51. The molecule has 0 spiro atoms. The number of hydrogen-bond donors (Lipinski definition) is 2. The zero-order valence-electron chi connectivity index (χ0n) is 10.7. The zero-order valence-corrected chi connectivity index (χ0v) is 10.7. The molecule has 1 aromatic carbocycles. The summed E-state index contributed by atoms with van der Waals surface area (Å²) in [6.07, 6.45) is -3.53. The Bertz CT molecular complexity index is 563. The summed E-state index contributed by atoms with van der Waals surface area (Å²) in [7, 11) is 1.76. The fourth-order valence-corrected chi connectivity index (χ4v) is 1.72. The number of nitrogens with zero attached hydrogens (tertiary/aromatic N) is 2. The van der Waals surface area contributed by atoms with Crippen molar-refractivity contribution in [1.29, 1.82) is 0 Å². The first kappa shape index (κ1) is 14.4. The lowest BCUT2D eigenvalue weighted by Gasteiger charge is -2.13. The smallest absolute Gasteiger partial charge is 0.387 e. The van der Waals surface area contributed by atoms with Gasteiger partial charge in [0.05, 0.1) is 11.7 Å². The fraction of sp³-hybridized carbons (Fsp3) is 0.308. The predicted molar refractivity (Wildman–Crippen MR) is 68.1 cm³/mol. The summed E-state index contributed by atoms with van der Waals surface area (Å²) in [4.78, 5) is 0. The Morgan fingerprint density at radius 1 is 1.25 bits per heavy atom. The van der Waals surface area contributed by atoms with Crippen molar-refractivity contribution < 1.29 is 18.3 Å². The molecule has 1 atom stereocenters. The van der Waals surface area contributed by atoms with Crippen LogP contribution in [0.1, 0.15) is 17.2 Å². The van der Waals surface area contributed by atoms with Gasteiger partial charge in [-0.2, -0.15) is 18.3 Å². The molecule has 0 aliphatic carbocycles. The summed E-state index contributed by atoms with van der Waals surface area (Å²) in [5, 5.41) is 16.9. The van der Waals surface area contributed by atoms with Crippen LogP contribution in [-0.2, 0) is 13.2 Å². The van der Waals surface area contributed by atoms with Crippen LogP contribution in [0.25, 0.3) is 0 Å². The van der Waals surface area contributed by atoms with Gasteiger partial charge in [-0.25, -0.2) is 0 Å². The molecule has 0 bridgehead atoms. The average Bonchev–Trinajstić information content (AvgIpc) is 2.81. The fourth-order valence-electron chi connectivity index (χ4n) is 1.72. The zero-order chi connectivity index (χ0) is 14.8. The number of rotatable bonds is 4. The lowest BCUT2D eigenvalue weighted by Crippen LogP contribution is -2.13. The van der Waals surface area contributed by atoms with E-state index in [4.69, 9.17) is 0 Å². The topological polar surface area (TPSA) is 50.1 Å². The highest BCUT2D eigenvalue weighted by Crippen LogP contribution is 2.29. The molecule has 1 unspecified atom stereocenters. The van der Waals surface area contributed by atoms with Gasteiger partial charge >= 0.3 is 6.18 Å². The average molecular weight is 285 g/mol. The van der Waals surface area contributed by atoms with Gasteiger partial charge in [0.2, 0.25) is 0 Å². The molecule has 0 radical (unpaired) electrons. The Balaban J connectivity index is 1.97. The first-order valence-electron chi connectivity index (χ1n) is 5.95. The lowest BCUT2D eigenvalue weighted by molar-refractivity contribution is -0.137. The summed E-state index contributed by atoms with van der Waals surface area (Å²) in [6, 6.07) is 6.19. The van der Waals surface area contributed by atoms with Crippen molar-refractivity contribution >= 4 is 5.82 Å². The molecule has 0 amide bonds. The Morgan fingerprint density at radius 3 is 2.40 bits per heavy atom. The molecule has 2 aromatic rings. The van der Waals surface area contributed by atoms with Gasteiger partial charge in [0.15, 0.2) is 0 Å². The molecule has 2 rings (SSSR count). The number of aromatic nitrogens is 2. The minimum absolute atomic E-state index is 0.169. The molecule has 0 saturated heterocycles. The van der Waals surface area contributed by atoms with Gasteiger partial charge in [-0.05, 0) is 17.7 Å². The molecule has 108 valence electrons. The van der Waals surface area contributed by atoms with Crippen molar-refractivity contribution in [2.24, 2.45) is 7.05 Å². The normalized spacial score (nSPS) is 13.2. The first-order valence-corrected chi connectivity index (χ1v) is 5.95. The number of aliphatic hydroxyl groups is 1. The maximum absolute atomic E-state index is 12.4. The van der Waals surface area contributed by atoms with Gasteiger partial charge in [0.1, 0.15) is 5.82 Å². The maximum atomic E-state index is 12.4. The van der Waals surface area contributed by atoms with E-state index in [-0.39, 0.29) is 6.54 Å². The van der Waals surface area contributed by atoms with Crippen LogP contribution in [0.3, 0.4) is 0 Å². The van der Waals surface area contributed by atoms with Crippen LogP contribution in [0.2, 0.25) is 0 Å². The van der Waals surface area contributed by atoms with E-state index in [1.54, 1.807) is 24.0 Å². The lowest BCUT2D eigenvalue weighted by atomic mass is 10.1. The van der Waals surface area contributed by atoms with Gasteiger partial charge in [-0.15, -0.1) is 0 Å². The van der Waals surface area contributed by atoms with E-state index in [9.17, 15) is 18.3 Å². The number of anilines is 1. The number of nitrogens with one attached hydrogen (secondary N) is 1. The highest BCUT2D eigenvalue weighted by atomic mass is 19.4.